The molecular weight excluding hydrogens is 682 g/mol. The van der Waals surface area contributed by atoms with E-state index in [1.807, 2.05) is 34.6 Å². The highest BCUT2D eigenvalue weighted by molar-refractivity contribution is 5.93. The summed E-state index contributed by atoms with van der Waals surface area (Å²) in [4.78, 5) is 81.1. The van der Waals surface area contributed by atoms with E-state index in [1.54, 1.807) is 40.0 Å². The Labute approximate surface area is 315 Å². The van der Waals surface area contributed by atoms with E-state index in [-0.39, 0.29) is 37.0 Å². The molecule has 0 saturated carbocycles. The van der Waals surface area contributed by atoms with Crippen molar-refractivity contribution in [2.45, 2.75) is 143 Å². The van der Waals surface area contributed by atoms with Gasteiger partial charge in [-0.25, -0.2) is 4.79 Å². The fourth-order valence-corrected chi connectivity index (χ4v) is 5.94. The van der Waals surface area contributed by atoms with Gasteiger partial charge in [0.15, 0.2) is 0 Å². The van der Waals surface area contributed by atoms with Crippen LogP contribution in [0.1, 0.15) is 99.5 Å². The molecule has 4 amide bonds. The lowest BCUT2D eigenvalue weighted by Gasteiger charge is -2.39. The normalized spacial score (nSPS) is 16.5. The maximum atomic E-state index is 14.4. The second-order valence-electron chi connectivity index (χ2n) is 14.7. The number of benzene rings is 1. The minimum atomic E-state index is -1.25. The average molecular weight is 748 g/mol. The Morgan fingerprint density at radius 1 is 0.906 bits per heavy atom. The number of nitrogens with one attached hydrogen (secondary N) is 3. The summed E-state index contributed by atoms with van der Waals surface area (Å²) in [6, 6.07) is 2.14. The fourth-order valence-electron chi connectivity index (χ4n) is 5.94. The number of hydrogen-bond donors (Lipinski definition) is 5. The number of carbonyl (C=O) groups is 6. The monoisotopic (exact) mass is 747 g/mol. The second kappa shape index (κ2) is 23.6. The van der Waals surface area contributed by atoms with E-state index in [4.69, 9.17) is 4.74 Å². The number of nitrogens with zero attached hydrogens (tertiary/aromatic N) is 2. The van der Waals surface area contributed by atoms with Crippen molar-refractivity contribution in [1.29, 1.82) is 0 Å². The molecule has 1 aromatic carbocycles. The molecule has 0 heterocycles. The molecule has 53 heavy (non-hydrogen) atoms. The third-order valence-electron chi connectivity index (χ3n) is 9.85. The smallest absolute Gasteiger partial charge is 0.329 e. The number of hydrogen-bond acceptors (Lipinski definition) is 10. The first-order valence-corrected chi connectivity index (χ1v) is 18.8. The molecule has 0 bridgehead atoms. The van der Waals surface area contributed by atoms with Gasteiger partial charge in [-0.2, -0.15) is 0 Å². The first kappa shape index (κ1) is 47.0. The Hall–Kier alpha value is -4.04. The molecule has 9 atom stereocenters. The van der Waals surface area contributed by atoms with E-state index in [0.29, 0.717) is 43.9 Å². The summed E-state index contributed by atoms with van der Waals surface area (Å²) in [7, 11) is 3.24. The van der Waals surface area contributed by atoms with Crippen molar-refractivity contribution >= 4 is 36.4 Å². The lowest BCUT2D eigenvalue weighted by Crippen LogP contribution is -2.60. The molecule has 0 spiro atoms. The van der Waals surface area contributed by atoms with Gasteiger partial charge in [0.05, 0.1) is 12.5 Å². The summed E-state index contributed by atoms with van der Waals surface area (Å²) in [5.41, 5.74) is 0.615. The highest BCUT2D eigenvalue weighted by Gasteiger charge is 2.40. The van der Waals surface area contributed by atoms with Gasteiger partial charge < -0.3 is 45.5 Å². The van der Waals surface area contributed by atoms with Crippen LogP contribution < -0.4 is 16.0 Å². The number of phenols is 1. The highest BCUT2D eigenvalue weighted by Crippen LogP contribution is 2.23. The molecule has 0 fully saturated rings. The van der Waals surface area contributed by atoms with Gasteiger partial charge in [0.1, 0.15) is 42.5 Å². The summed E-state index contributed by atoms with van der Waals surface area (Å²) in [6.45, 7) is 14.6. The van der Waals surface area contributed by atoms with Crippen molar-refractivity contribution in [1.82, 2.24) is 25.8 Å². The van der Waals surface area contributed by atoms with Gasteiger partial charge in [-0.15, -0.1) is 0 Å². The number of esters is 1. The summed E-state index contributed by atoms with van der Waals surface area (Å²) in [6.07, 6.45) is 1.02. The quantitative estimate of drug-likeness (QED) is 0.0564. The lowest BCUT2D eigenvalue weighted by molar-refractivity contribution is -0.157. The number of aromatic hydroxyl groups is 1. The van der Waals surface area contributed by atoms with E-state index in [0.717, 1.165) is 4.90 Å². The number of aldehydes is 1. The Morgan fingerprint density at radius 2 is 1.51 bits per heavy atom. The molecule has 0 radical (unpaired) electrons. The van der Waals surface area contributed by atoms with Crippen LogP contribution in [0.15, 0.2) is 24.3 Å². The summed E-state index contributed by atoms with van der Waals surface area (Å²) >= 11 is 0. The summed E-state index contributed by atoms with van der Waals surface area (Å²) in [5.74, 6) is -3.04. The highest BCUT2D eigenvalue weighted by atomic mass is 16.5. The number of rotatable bonds is 25. The average Bonchev–Trinajstić information content (AvgIpc) is 3.12. The largest absolute Gasteiger partial charge is 0.508 e. The van der Waals surface area contributed by atoms with Gasteiger partial charge in [-0.05, 0) is 75.6 Å². The van der Waals surface area contributed by atoms with Crippen LogP contribution in [0.2, 0.25) is 0 Å². The number of aliphatic hydroxyl groups is 1. The Kier molecular flexibility index (Phi) is 20.9. The van der Waals surface area contributed by atoms with Gasteiger partial charge in [-0.3, -0.25) is 19.2 Å². The molecule has 0 saturated heterocycles. The fraction of sp³-hybridized carbons (Fsp3) is 0.692. The number of carbonyl (C=O) groups excluding carboxylic acids is 6. The van der Waals surface area contributed by atoms with Crippen molar-refractivity contribution in [3.63, 3.8) is 0 Å². The van der Waals surface area contributed by atoms with Crippen LogP contribution in [-0.2, 0) is 39.9 Å². The summed E-state index contributed by atoms with van der Waals surface area (Å²) < 4.78 is 5.64. The SMILES string of the molecule is CCC(C)C(NC(=O)C(Cc1ccc(O)cc1)N(C)C(=O)C(C(C)CC)N(C=O)C(O)CCC(C)NC)C(=O)OC(C)CC(=O)NC(C=O)CC(C)C. The predicted octanol–water partition coefficient (Wildman–Crippen LogP) is 2.92. The maximum Gasteiger partial charge on any atom is 0.329 e. The molecular formula is C39H65N5O9. The molecule has 0 aliphatic rings. The molecule has 1 rings (SSSR count). The van der Waals surface area contributed by atoms with Gasteiger partial charge >= 0.3 is 5.97 Å². The van der Waals surface area contributed by atoms with Crippen LogP contribution >= 0.6 is 0 Å². The number of ether oxygens (including phenoxy) is 1. The number of phenolic OH excluding ortho intramolecular Hbond substituents is 1. The zero-order valence-electron chi connectivity index (χ0n) is 33.3. The van der Waals surface area contributed by atoms with Crippen molar-refractivity contribution < 1.29 is 43.7 Å². The van der Waals surface area contributed by atoms with E-state index < -0.39 is 72.0 Å². The van der Waals surface area contributed by atoms with Crippen molar-refractivity contribution in [2.75, 3.05) is 14.1 Å². The standard InChI is InChI=1S/C39H65N5O9/c1-11-25(5)35(39(52)53-28(8)20-33(48)41-30(22-45)19-24(3)4)42-37(50)32(21-29-14-16-31(47)17-15-29)43(10)38(51)36(26(6)12-2)44(23-46)34(49)18-13-27(7)40-9/h14-17,22-28,30,32,34-36,40,47,49H,11-13,18-21H2,1-10H3,(H,41,48)(H,42,50). The first-order valence-electron chi connectivity index (χ1n) is 18.8. The van der Waals surface area contributed by atoms with Crippen LogP contribution in [0, 0.1) is 17.8 Å². The number of likely N-dealkylation sites (N-methyl/N-ethyl adjacent to an activating group) is 1. The van der Waals surface area contributed by atoms with E-state index in [9.17, 15) is 39.0 Å². The van der Waals surface area contributed by atoms with Crippen molar-refractivity contribution in [2.24, 2.45) is 17.8 Å². The molecule has 1 aromatic rings. The number of aliphatic hydroxyl groups excluding tert-OH is 1. The van der Waals surface area contributed by atoms with E-state index in [1.165, 1.54) is 24.1 Å². The third kappa shape index (κ3) is 15.5. The minimum absolute atomic E-state index is 0.00195. The molecule has 0 aromatic heterocycles. The minimum Gasteiger partial charge on any atom is -0.508 e. The zero-order chi connectivity index (χ0) is 40.4. The van der Waals surface area contributed by atoms with Gasteiger partial charge in [0.25, 0.3) is 0 Å². The Balaban J connectivity index is 3.42. The summed E-state index contributed by atoms with van der Waals surface area (Å²) in [5, 5.41) is 29.5. The van der Waals surface area contributed by atoms with Crippen molar-refractivity contribution in [3.05, 3.63) is 29.8 Å². The molecule has 5 N–H and O–H groups in total. The van der Waals surface area contributed by atoms with Gasteiger partial charge in [-0.1, -0.05) is 66.5 Å². The Bertz CT molecular complexity index is 1310. The first-order chi connectivity index (χ1) is 24.9. The molecule has 14 nitrogen and oxygen atoms in total. The molecule has 14 heteroatoms. The number of amides is 4. The van der Waals surface area contributed by atoms with Crippen LogP contribution in [0.5, 0.6) is 5.75 Å². The van der Waals surface area contributed by atoms with Gasteiger partial charge in [0.2, 0.25) is 24.1 Å². The second-order valence-corrected chi connectivity index (χ2v) is 14.7. The van der Waals surface area contributed by atoms with E-state index in [2.05, 4.69) is 16.0 Å². The Morgan fingerprint density at radius 3 is 2.02 bits per heavy atom. The topological polar surface area (TPSA) is 195 Å². The van der Waals surface area contributed by atoms with E-state index >= 15 is 0 Å². The van der Waals surface area contributed by atoms with Gasteiger partial charge in [0, 0.05) is 19.5 Å². The molecule has 9 unspecified atom stereocenters. The maximum absolute atomic E-state index is 14.4. The molecule has 0 aliphatic carbocycles. The predicted molar refractivity (Wildman–Crippen MR) is 202 cm³/mol. The zero-order valence-corrected chi connectivity index (χ0v) is 33.3. The van der Waals surface area contributed by atoms with Crippen LogP contribution in [-0.4, -0.2) is 113 Å². The van der Waals surface area contributed by atoms with Crippen molar-refractivity contribution in [3.8, 4) is 5.75 Å². The van der Waals surface area contributed by atoms with Crippen LogP contribution in [0.25, 0.3) is 0 Å². The van der Waals surface area contributed by atoms with Crippen LogP contribution in [0.3, 0.4) is 0 Å². The molecule has 300 valence electrons. The third-order valence-corrected chi connectivity index (χ3v) is 9.85. The van der Waals surface area contributed by atoms with Crippen LogP contribution in [0.4, 0.5) is 0 Å². The molecule has 0 aliphatic heterocycles. The lowest BCUT2D eigenvalue weighted by atomic mass is 9.94.